The molecule has 0 radical (unpaired) electrons. The van der Waals surface area contributed by atoms with Gasteiger partial charge in [0.2, 0.25) is 0 Å². The van der Waals surface area contributed by atoms with E-state index in [2.05, 4.69) is 5.43 Å². The van der Waals surface area contributed by atoms with Crippen molar-refractivity contribution < 1.29 is 8.78 Å². The van der Waals surface area contributed by atoms with Crippen LogP contribution in [0.2, 0.25) is 0 Å². The first-order valence-electron chi connectivity index (χ1n) is 6.08. The van der Waals surface area contributed by atoms with Crippen molar-refractivity contribution in [1.29, 1.82) is 0 Å². The Hall–Kier alpha value is -1.82. The second-order valence-electron chi connectivity index (χ2n) is 4.46. The molecule has 0 saturated heterocycles. The molecule has 3 rings (SSSR count). The second kappa shape index (κ2) is 5.28. The van der Waals surface area contributed by atoms with Gasteiger partial charge < -0.3 is 0 Å². The van der Waals surface area contributed by atoms with Gasteiger partial charge in [-0.25, -0.2) is 14.2 Å². The van der Waals surface area contributed by atoms with Crippen molar-refractivity contribution in [3.63, 3.8) is 0 Å². The number of rotatable bonds is 3. The number of halogens is 2. The van der Waals surface area contributed by atoms with E-state index in [9.17, 15) is 8.78 Å². The Morgan fingerprint density at radius 2 is 1.80 bits per heavy atom. The van der Waals surface area contributed by atoms with Crippen LogP contribution in [0.5, 0.6) is 0 Å². The summed E-state index contributed by atoms with van der Waals surface area (Å²) < 4.78 is 27.5. The van der Waals surface area contributed by atoms with Gasteiger partial charge in [-0.15, -0.1) is 11.3 Å². The fourth-order valence-electron chi connectivity index (χ4n) is 2.18. The van der Waals surface area contributed by atoms with Gasteiger partial charge >= 0.3 is 0 Å². The zero-order chi connectivity index (χ0) is 14.1. The Kier molecular flexibility index (Phi) is 3.48. The highest BCUT2D eigenvalue weighted by Gasteiger charge is 2.17. The van der Waals surface area contributed by atoms with E-state index < -0.39 is 11.6 Å². The normalized spacial score (nSPS) is 12.8. The molecule has 0 amide bonds. The average molecular weight is 290 g/mol. The lowest BCUT2D eigenvalue weighted by Gasteiger charge is -2.14. The molecule has 0 saturated carbocycles. The average Bonchev–Trinajstić information content (AvgIpc) is 2.87. The number of thiophene rings is 1. The molecule has 1 atom stereocenters. The van der Waals surface area contributed by atoms with Crippen LogP contribution < -0.4 is 11.3 Å². The Morgan fingerprint density at radius 1 is 1.00 bits per heavy atom. The summed E-state index contributed by atoms with van der Waals surface area (Å²) in [7, 11) is 0. The molecule has 1 aromatic heterocycles. The van der Waals surface area contributed by atoms with Gasteiger partial charge in [-0.05, 0) is 35.2 Å². The topological polar surface area (TPSA) is 38.0 Å². The van der Waals surface area contributed by atoms with Gasteiger partial charge in [0.25, 0.3) is 0 Å². The number of nitrogens with one attached hydrogen (secondary N) is 1. The largest absolute Gasteiger partial charge is 0.271 e. The van der Waals surface area contributed by atoms with E-state index in [4.69, 9.17) is 5.84 Å². The molecule has 3 N–H and O–H groups in total. The van der Waals surface area contributed by atoms with E-state index in [-0.39, 0.29) is 6.04 Å². The summed E-state index contributed by atoms with van der Waals surface area (Å²) in [4.78, 5) is 0.958. The van der Waals surface area contributed by atoms with Crippen molar-refractivity contribution in [3.05, 3.63) is 70.6 Å². The number of benzene rings is 2. The molecular formula is C15H12F2N2S. The van der Waals surface area contributed by atoms with E-state index in [1.54, 1.807) is 11.3 Å². The third kappa shape index (κ3) is 2.31. The van der Waals surface area contributed by atoms with Crippen LogP contribution in [0.15, 0.2) is 48.5 Å². The van der Waals surface area contributed by atoms with Gasteiger partial charge in [-0.3, -0.25) is 5.84 Å². The summed E-state index contributed by atoms with van der Waals surface area (Å²) in [6.45, 7) is 0. The second-order valence-corrected chi connectivity index (χ2v) is 5.58. The monoisotopic (exact) mass is 290 g/mol. The minimum absolute atomic E-state index is 0.359. The van der Waals surface area contributed by atoms with Crippen molar-refractivity contribution in [3.8, 4) is 0 Å². The zero-order valence-corrected chi connectivity index (χ0v) is 11.3. The molecule has 0 fully saturated rings. The summed E-state index contributed by atoms with van der Waals surface area (Å²) >= 11 is 1.58. The van der Waals surface area contributed by atoms with Crippen LogP contribution in [0.4, 0.5) is 8.78 Å². The zero-order valence-electron chi connectivity index (χ0n) is 10.4. The third-order valence-electron chi connectivity index (χ3n) is 3.17. The standard InChI is InChI=1S/C15H12F2N2S/c16-11-6-5-10(7-12(11)17)15(19-18)14-8-9-3-1-2-4-13(9)20-14/h1-8,15,19H,18H2. The number of hydrogen-bond acceptors (Lipinski definition) is 3. The van der Waals surface area contributed by atoms with E-state index in [1.165, 1.54) is 12.1 Å². The maximum Gasteiger partial charge on any atom is 0.159 e. The number of fused-ring (bicyclic) bond motifs is 1. The lowest BCUT2D eigenvalue weighted by Crippen LogP contribution is -2.28. The Morgan fingerprint density at radius 3 is 2.50 bits per heavy atom. The highest BCUT2D eigenvalue weighted by molar-refractivity contribution is 7.19. The summed E-state index contributed by atoms with van der Waals surface area (Å²) in [5.74, 6) is 3.86. The van der Waals surface area contributed by atoms with Crippen LogP contribution in [-0.4, -0.2) is 0 Å². The van der Waals surface area contributed by atoms with Crippen LogP contribution >= 0.6 is 11.3 Å². The van der Waals surface area contributed by atoms with E-state index in [0.717, 1.165) is 21.0 Å². The Bertz CT molecular complexity index is 721. The summed E-state index contributed by atoms with van der Waals surface area (Å²) in [5.41, 5.74) is 3.26. The summed E-state index contributed by atoms with van der Waals surface area (Å²) in [5, 5.41) is 1.11. The minimum atomic E-state index is -0.871. The molecular weight excluding hydrogens is 278 g/mol. The molecule has 2 aromatic carbocycles. The molecule has 0 bridgehead atoms. The predicted octanol–water partition coefficient (Wildman–Crippen LogP) is 3.73. The Labute approximate surface area is 118 Å². The fraction of sp³-hybridized carbons (Fsp3) is 0.0667. The summed E-state index contributed by atoms with van der Waals surface area (Å²) in [6, 6.07) is 13.4. The highest BCUT2D eigenvalue weighted by atomic mass is 32.1. The quantitative estimate of drug-likeness (QED) is 0.570. The van der Waals surface area contributed by atoms with Gasteiger partial charge in [-0.1, -0.05) is 24.3 Å². The number of hydrogen-bond donors (Lipinski definition) is 2. The molecule has 102 valence electrons. The SMILES string of the molecule is NNC(c1ccc(F)c(F)c1)c1cc2ccccc2s1. The molecule has 20 heavy (non-hydrogen) atoms. The first kappa shape index (κ1) is 13.2. The Balaban J connectivity index is 2.06. The van der Waals surface area contributed by atoms with Crippen LogP contribution in [0.1, 0.15) is 16.5 Å². The van der Waals surface area contributed by atoms with Crippen molar-refractivity contribution >= 4 is 21.4 Å². The van der Waals surface area contributed by atoms with Crippen LogP contribution in [-0.2, 0) is 0 Å². The number of hydrazine groups is 1. The van der Waals surface area contributed by atoms with Gasteiger partial charge in [-0.2, -0.15) is 0 Å². The molecule has 3 aromatic rings. The van der Waals surface area contributed by atoms with E-state index in [1.807, 2.05) is 30.3 Å². The molecule has 5 heteroatoms. The van der Waals surface area contributed by atoms with Gasteiger partial charge in [0.05, 0.1) is 6.04 Å². The smallest absolute Gasteiger partial charge is 0.159 e. The lowest BCUT2D eigenvalue weighted by atomic mass is 10.1. The van der Waals surface area contributed by atoms with Crippen molar-refractivity contribution in [2.75, 3.05) is 0 Å². The maximum absolute atomic E-state index is 13.4. The van der Waals surface area contributed by atoms with Crippen molar-refractivity contribution in [1.82, 2.24) is 5.43 Å². The molecule has 0 spiro atoms. The van der Waals surface area contributed by atoms with Crippen LogP contribution in [0.3, 0.4) is 0 Å². The van der Waals surface area contributed by atoms with Crippen LogP contribution in [0, 0.1) is 11.6 Å². The highest BCUT2D eigenvalue weighted by Crippen LogP contribution is 2.33. The van der Waals surface area contributed by atoms with Crippen LogP contribution in [0.25, 0.3) is 10.1 Å². The number of nitrogens with two attached hydrogens (primary N) is 1. The lowest BCUT2D eigenvalue weighted by molar-refractivity contribution is 0.504. The maximum atomic E-state index is 13.4. The minimum Gasteiger partial charge on any atom is -0.271 e. The fourth-order valence-corrected chi connectivity index (χ4v) is 3.33. The predicted molar refractivity (Wildman–Crippen MR) is 77.3 cm³/mol. The molecule has 0 aliphatic rings. The van der Waals surface area contributed by atoms with Gasteiger partial charge in [0, 0.05) is 9.58 Å². The van der Waals surface area contributed by atoms with E-state index >= 15 is 0 Å². The van der Waals surface area contributed by atoms with Gasteiger partial charge in [0.15, 0.2) is 11.6 Å². The molecule has 0 aliphatic heterocycles. The molecule has 0 aliphatic carbocycles. The summed E-state index contributed by atoms with van der Waals surface area (Å²) in [6.07, 6.45) is 0. The van der Waals surface area contributed by atoms with Crippen molar-refractivity contribution in [2.45, 2.75) is 6.04 Å². The first-order valence-corrected chi connectivity index (χ1v) is 6.90. The third-order valence-corrected chi connectivity index (χ3v) is 4.35. The van der Waals surface area contributed by atoms with Crippen molar-refractivity contribution in [2.24, 2.45) is 5.84 Å². The van der Waals surface area contributed by atoms with Gasteiger partial charge in [0.1, 0.15) is 0 Å². The molecule has 2 nitrogen and oxygen atoms in total. The molecule has 1 unspecified atom stereocenters. The first-order chi connectivity index (χ1) is 9.69. The van der Waals surface area contributed by atoms with E-state index in [0.29, 0.717) is 5.56 Å². The molecule has 1 heterocycles.